The van der Waals surface area contributed by atoms with E-state index in [1.165, 1.54) is 0 Å². The molecule has 1 saturated heterocycles. The Morgan fingerprint density at radius 2 is 1.76 bits per heavy atom. The number of hydrogen-bond donors (Lipinski definition) is 1. The highest BCUT2D eigenvalue weighted by atomic mass is 35.5. The molecule has 1 amide bonds. The van der Waals surface area contributed by atoms with Crippen molar-refractivity contribution in [3.63, 3.8) is 0 Å². The van der Waals surface area contributed by atoms with Crippen molar-refractivity contribution in [1.29, 1.82) is 0 Å². The summed E-state index contributed by atoms with van der Waals surface area (Å²) in [5.41, 5.74) is 0.994. The van der Waals surface area contributed by atoms with Crippen LogP contribution in [0.15, 0.2) is 12.1 Å². The molecule has 0 spiro atoms. The van der Waals surface area contributed by atoms with Crippen molar-refractivity contribution < 1.29 is 19.0 Å². The molecule has 0 bridgehead atoms. The van der Waals surface area contributed by atoms with Gasteiger partial charge >= 0.3 is 0 Å². The van der Waals surface area contributed by atoms with Gasteiger partial charge in [0.25, 0.3) is 0 Å². The molecule has 1 aliphatic heterocycles. The summed E-state index contributed by atoms with van der Waals surface area (Å²) in [6.07, 6.45) is 1.11. The fourth-order valence-corrected chi connectivity index (χ4v) is 3.08. The van der Waals surface area contributed by atoms with Crippen LogP contribution in [0.5, 0.6) is 17.2 Å². The van der Waals surface area contributed by atoms with E-state index >= 15 is 0 Å². The van der Waals surface area contributed by atoms with Crippen LogP contribution in [0.2, 0.25) is 0 Å². The van der Waals surface area contributed by atoms with E-state index in [-0.39, 0.29) is 24.4 Å². The number of carbonyl (C=O) groups excluding carboxylic acids is 1. The highest BCUT2D eigenvalue weighted by molar-refractivity contribution is 5.85. The number of methoxy groups -OCH3 is 3. The van der Waals surface area contributed by atoms with Crippen LogP contribution >= 0.6 is 12.4 Å². The first kappa shape index (κ1) is 21.4. The Hall–Kier alpha value is -1.66. The minimum absolute atomic E-state index is 0. The van der Waals surface area contributed by atoms with Gasteiger partial charge in [0, 0.05) is 31.6 Å². The highest BCUT2D eigenvalue weighted by Crippen LogP contribution is 2.38. The predicted molar refractivity (Wildman–Crippen MR) is 100 cm³/mol. The molecule has 1 fully saturated rings. The van der Waals surface area contributed by atoms with Crippen molar-refractivity contribution in [3.8, 4) is 17.2 Å². The van der Waals surface area contributed by atoms with E-state index in [9.17, 15) is 4.79 Å². The van der Waals surface area contributed by atoms with Crippen LogP contribution in [0.3, 0.4) is 0 Å². The minimum atomic E-state index is 0. The molecule has 0 aliphatic carbocycles. The molecule has 1 aromatic rings. The molecule has 1 aliphatic rings. The van der Waals surface area contributed by atoms with Gasteiger partial charge in [-0.2, -0.15) is 0 Å². The van der Waals surface area contributed by atoms with Gasteiger partial charge in [0.2, 0.25) is 11.7 Å². The van der Waals surface area contributed by atoms with Gasteiger partial charge < -0.3 is 24.4 Å². The molecule has 0 radical (unpaired) electrons. The molecule has 1 aromatic carbocycles. The number of nitrogens with zero attached hydrogens (tertiary/aromatic N) is 1. The Bertz CT molecular complexity index is 557. The van der Waals surface area contributed by atoms with E-state index < -0.39 is 0 Å². The summed E-state index contributed by atoms with van der Waals surface area (Å²) in [6.45, 7) is 5.82. The molecule has 6 nitrogen and oxygen atoms in total. The summed E-state index contributed by atoms with van der Waals surface area (Å²) in [5, 5.41) is 3.39. The van der Waals surface area contributed by atoms with Crippen LogP contribution in [0.1, 0.15) is 25.8 Å². The van der Waals surface area contributed by atoms with Gasteiger partial charge in [-0.05, 0) is 38.0 Å². The van der Waals surface area contributed by atoms with Crippen molar-refractivity contribution in [3.05, 3.63) is 17.7 Å². The average molecular weight is 373 g/mol. The molecule has 1 heterocycles. The average Bonchev–Trinajstić information content (AvgIpc) is 2.60. The fourth-order valence-electron chi connectivity index (χ4n) is 3.08. The number of nitrogens with one attached hydrogen (secondary N) is 1. The van der Waals surface area contributed by atoms with Gasteiger partial charge in [0.1, 0.15) is 0 Å². The van der Waals surface area contributed by atoms with Crippen molar-refractivity contribution in [2.75, 3.05) is 34.4 Å². The summed E-state index contributed by atoms with van der Waals surface area (Å²) in [5.74, 6) is 1.98. The second-order valence-corrected chi connectivity index (χ2v) is 6.10. The quantitative estimate of drug-likeness (QED) is 0.830. The summed E-state index contributed by atoms with van der Waals surface area (Å²) >= 11 is 0. The third kappa shape index (κ3) is 4.92. The SMILES string of the molecule is COc1cc(CCC(=O)N2CCNC(C)C2C)cc(OC)c1OC.Cl. The van der Waals surface area contributed by atoms with Gasteiger partial charge in [0.15, 0.2) is 11.5 Å². The van der Waals surface area contributed by atoms with Crippen molar-refractivity contribution in [2.24, 2.45) is 0 Å². The Labute approximate surface area is 156 Å². The second kappa shape index (κ2) is 9.73. The molecule has 2 unspecified atom stereocenters. The van der Waals surface area contributed by atoms with Gasteiger partial charge in [0.05, 0.1) is 21.3 Å². The molecular weight excluding hydrogens is 344 g/mol. The third-order valence-electron chi connectivity index (χ3n) is 4.71. The second-order valence-electron chi connectivity index (χ2n) is 6.10. The zero-order valence-corrected chi connectivity index (χ0v) is 16.4. The normalized spacial score (nSPS) is 19.8. The van der Waals surface area contributed by atoms with Gasteiger partial charge in [-0.3, -0.25) is 4.79 Å². The Morgan fingerprint density at radius 1 is 1.16 bits per heavy atom. The number of rotatable bonds is 6. The number of piperazine rings is 1. The molecule has 2 rings (SSSR count). The molecule has 0 saturated carbocycles. The van der Waals surface area contributed by atoms with Crippen LogP contribution in [0.4, 0.5) is 0 Å². The lowest BCUT2D eigenvalue weighted by atomic mass is 10.0. The smallest absolute Gasteiger partial charge is 0.223 e. The molecular formula is C18H29ClN2O4. The first-order chi connectivity index (χ1) is 11.5. The number of benzene rings is 1. The molecule has 7 heteroatoms. The zero-order chi connectivity index (χ0) is 17.7. The van der Waals surface area contributed by atoms with Crippen molar-refractivity contribution in [2.45, 2.75) is 38.8 Å². The van der Waals surface area contributed by atoms with Crippen LogP contribution < -0.4 is 19.5 Å². The number of aryl methyl sites for hydroxylation is 1. The van der Waals surface area contributed by atoms with Crippen LogP contribution in [0.25, 0.3) is 0 Å². The Kier molecular flexibility index (Phi) is 8.32. The van der Waals surface area contributed by atoms with E-state index in [2.05, 4.69) is 19.2 Å². The number of amides is 1. The van der Waals surface area contributed by atoms with Crippen LogP contribution in [-0.2, 0) is 11.2 Å². The topological polar surface area (TPSA) is 60.0 Å². The van der Waals surface area contributed by atoms with Crippen LogP contribution in [0, 0.1) is 0 Å². The van der Waals surface area contributed by atoms with Crippen molar-refractivity contribution >= 4 is 18.3 Å². The maximum absolute atomic E-state index is 12.6. The van der Waals surface area contributed by atoms with E-state index in [1.807, 2.05) is 17.0 Å². The van der Waals surface area contributed by atoms with E-state index in [0.29, 0.717) is 36.1 Å². The monoisotopic (exact) mass is 372 g/mol. The summed E-state index contributed by atoms with van der Waals surface area (Å²) < 4.78 is 16.1. The van der Waals surface area contributed by atoms with Crippen molar-refractivity contribution in [1.82, 2.24) is 10.2 Å². The highest BCUT2D eigenvalue weighted by Gasteiger charge is 2.27. The van der Waals surface area contributed by atoms with E-state index in [4.69, 9.17) is 14.2 Å². The lowest BCUT2D eigenvalue weighted by Crippen LogP contribution is -2.57. The number of carbonyl (C=O) groups is 1. The molecule has 142 valence electrons. The summed E-state index contributed by atoms with van der Waals surface area (Å²) in [4.78, 5) is 14.5. The zero-order valence-electron chi connectivity index (χ0n) is 15.6. The number of ether oxygens (including phenoxy) is 3. The third-order valence-corrected chi connectivity index (χ3v) is 4.71. The first-order valence-electron chi connectivity index (χ1n) is 8.33. The maximum Gasteiger partial charge on any atom is 0.223 e. The predicted octanol–water partition coefficient (Wildman–Crippen LogP) is 2.28. The molecule has 0 aromatic heterocycles. The standard InChI is InChI=1S/C18H28N2O4.ClH/c1-12-13(2)20(9-8-19-12)17(21)7-6-14-10-15(22-3)18(24-5)16(11-14)23-4;/h10-13,19H,6-9H2,1-5H3;1H. The minimum Gasteiger partial charge on any atom is -0.493 e. The Balaban J connectivity index is 0.00000312. The van der Waals surface area contributed by atoms with Gasteiger partial charge in [-0.1, -0.05) is 0 Å². The van der Waals surface area contributed by atoms with Gasteiger partial charge in [-0.25, -0.2) is 0 Å². The fraction of sp³-hybridized carbons (Fsp3) is 0.611. The number of halogens is 1. The lowest BCUT2D eigenvalue weighted by molar-refractivity contribution is -0.134. The maximum atomic E-state index is 12.6. The Morgan fingerprint density at radius 3 is 2.28 bits per heavy atom. The summed E-state index contributed by atoms with van der Waals surface area (Å²) in [6, 6.07) is 4.34. The van der Waals surface area contributed by atoms with Crippen LogP contribution in [-0.4, -0.2) is 57.3 Å². The van der Waals surface area contributed by atoms with E-state index in [0.717, 1.165) is 18.7 Å². The number of hydrogen-bond acceptors (Lipinski definition) is 5. The molecule has 1 N–H and O–H groups in total. The lowest BCUT2D eigenvalue weighted by Gasteiger charge is -2.38. The largest absolute Gasteiger partial charge is 0.493 e. The first-order valence-corrected chi connectivity index (χ1v) is 8.33. The van der Waals surface area contributed by atoms with Gasteiger partial charge in [-0.15, -0.1) is 12.4 Å². The summed E-state index contributed by atoms with van der Waals surface area (Å²) in [7, 11) is 4.77. The van der Waals surface area contributed by atoms with E-state index in [1.54, 1.807) is 21.3 Å². The molecule has 25 heavy (non-hydrogen) atoms. The molecule has 2 atom stereocenters.